The molecule has 0 aliphatic rings. The monoisotopic (exact) mass is 304 g/mol. The Balaban J connectivity index is 0.000000255. The fraction of sp³-hybridized carbons (Fsp3) is 0.176. The highest BCUT2D eigenvalue weighted by molar-refractivity contribution is 5.39. The summed E-state index contributed by atoms with van der Waals surface area (Å²) < 4.78 is 0. The van der Waals surface area contributed by atoms with Crippen molar-refractivity contribution in [1.82, 2.24) is 0 Å². The van der Waals surface area contributed by atoms with E-state index in [1.165, 1.54) is 42.5 Å². The smallest absolute Gasteiger partial charge is 0.119 e. The lowest BCUT2D eigenvalue weighted by molar-refractivity contribution is 0.331. The summed E-state index contributed by atoms with van der Waals surface area (Å²) in [6, 6.07) is 10.1. The highest BCUT2D eigenvalue weighted by Gasteiger charge is 2.00. The van der Waals surface area contributed by atoms with Crippen LogP contribution < -0.4 is 0 Å². The number of aliphatic hydroxyl groups is 1. The van der Waals surface area contributed by atoms with Crippen LogP contribution in [-0.4, -0.2) is 32.1 Å². The van der Waals surface area contributed by atoms with Gasteiger partial charge in [-0.2, -0.15) is 0 Å². The second-order valence-corrected chi connectivity index (χ2v) is 4.74. The van der Waals surface area contributed by atoms with E-state index in [-0.39, 0.29) is 29.6 Å². The predicted octanol–water partition coefficient (Wildman–Crippen LogP) is 2.68. The lowest BCUT2D eigenvalue weighted by Crippen LogP contribution is -1.87. The first-order chi connectivity index (χ1) is 10.4. The van der Waals surface area contributed by atoms with Crippen LogP contribution in [0.5, 0.6) is 23.0 Å². The second-order valence-electron chi connectivity index (χ2n) is 4.74. The maximum Gasteiger partial charge on any atom is 0.119 e. The van der Waals surface area contributed by atoms with Crippen molar-refractivity contribution in [2.75, 3.05) is 6.61 Å². The number of rotatable bonds is 3. The van der Waals surface area contributed by atoms with E-state index >= 15 is 0 Å². The third-order valence-electron chi connectivity index (χ3n) is 2.83. The zero-order valence-electron chi connectivity index (χ0n) is 12.3. The van der Waals surface area contributed by atoms with Crippen LogP contribution >= 0.6 is 0 Å². The van der Waals surface area contributed by atoms with Crippen molar-refractivity contribution in [3.8, 4) is 23.0 Å². The van der Waals surface area contributed by atoms with E-state index in [4.69, 9.17) is 15.3 Å². The van der Waals surface area contributed by atoms with Crippen LogP contribution in [0.2, 0.25) is 0 Å². The van der Waals surface area contributed by atoms with E-state index in [9.17, 15) is 10.2 Å². The molecule has 5 heteroatoms. The number of allylic oxidation sites excluding steroid dienone is 1. The first-order valence-electron chi connectivity index (χ1n) is 6.67. The van der Waals surface area contributed by atoms with E-state index in [0.29, 0.717) is 12.0 Å². The number of phenols is 4. The summed E-state index contributed by atoms with van der Waals surface area (Å²) in [6.45, 7) is 1.82. The molecule has 2 rings (SSSR count). The van der Waals surface area contributed by atoms with Gasteiger partial charge in [-0.05, 0) is 55.8 Å². The number of aliphatic hydroxyl groups excluding tert-OH is 1. The SMILES string of the molecule is C/C(=C\Cc1cc(O)ccc1O)CO.Oc1ccc(O)cc1. The van der Waals surface area contributed by atoms with Gasteiger partial charge in [0.2, 0.25) is 0 Å². The van der Waals surface area contributed by atoms with Gasteiger partial charge in [0.1, 0.15) is 23.0 Å². The van der Waals surface area contributed by atoms with Gasteiger partial charge in [0.25, 0.3) is 0 Å². The normalized spacial score (nSPS) is 10.7. The average molecular weight is 304 g/mol. The molecule has 0 heterocycles. The molecule has 22 heavy (non-hydrogen) atoms. The molecular formula is C17H20O5. The number of hydrogen-bond donors (Lipinski definition) is 5. The molecule has 5 N–H and O–H groups in total. The Labute approximate surface area is 129 Å². The van der Waals surface area contributed by atoms with Crippen LogP contribution in [0.3, 0.4) is 0 Å². The molecule has 118 valence electrons. The summed E-state index contributed by atoms with van der Waals surface area (Å²) >= 11 is 0. The Hall–Kier alpha value is -2.66. The Kier molecular flexibility index (Phi) is 6.79. The lowest BCUT2D eigenvalue weighted by Gasteiger charge is -2.02. The quantitative estimate of drug-likeness (QED) is 0.443. The van der Waals surface area contributed by atoms with Crippen molar-refractivity contribution >= 4 is 0 Å². The van der Waals surface area contributed by atoms with E-state index in [1.54, 1.807) is 6.92 Å². The minimum Gasteiger partial charge on any atom is -0.508 e. The van der Waals surface area contributed by atoms with Crippen molar-refractivity contribution < 1.29 is 25.5 Å². The second kappa shape index (κ2) is 8.59. The molecule has 0 amide bonds. The molecule has 0 aliphatic heterocycles. The molecular weight excluding hydrogens is 284 g/mol. The first-order valence-corrected chi connectivity index (χ1v) is 6.67. The van der Waals surface area contributed by atoms with Gasteiger partial charge >= 0.3 is 0 Å². The van der Waals surface area contributed by atoms with Crippen molar-refractivity contribution in [3.63, 3.8) is 0 Å². The van der Waals surface area contributed by atoms with Gasteiger partial charge in [-0.1, -0.05) is 11.6 Å². The molecule has 0 bridgehead atoms. The predicted molar refractivity (Wildman–Crippen MR) is 84.1 cm³/mol. The molecule has 0 aromatic heterocycles. The zero-order chi connectivity index (χ0) is 16.5. The molecule has 0 fully saturated rings. The third kappa shape index (κ3) is 6.19. The summed E-state index contributed by atoms with van der Waals surface area (Å²) in [5.74, 6) is 0.628. The maximum absolute atomic E-state index is 9.42. The van der Waals surface area contributed by atoms with Gasteiger partial charge in [-0.25, -0.2) is 0 Å². The topological polar surface area (TPSA) is 101 Å². The lowest BCUT2D eigenvalue weighted by atomic mass is 10.1. The zero-order valence-corrected chi connectivity index (χ0v) is 12.3. The highest BCUT2D eigenvalue weighted by atomic mass is 16.3. The number of hydrogen-bond acceptors (Lipinski definition) is 5. The molecule has 0 atom stereocenters. The van der Waals surface area contributed by atoms with E-state index < -0.39 is 0 Å². The highest BCUT2D eigenvalue weighted by Crippen LogP contribution is 2.22. The molecule has 0 saturated carbocycles. The summed E-state index contributed by atoms with van der Waals surface area (Å²) in [7, 11) is 0. The van der Waals surface area contributed by atoms with E-state index in [1.807, 2.05) is 6.08 Å². The van der Waals surface area contributed by atoms with Crippen molar-refractivity contribution in [3.05, 3.63) is 59.7 Å². The molecule has 0 spiro atoms. The van der Waals surface area contributed by atoms with Crippen LogP contribution in [-0.2, 0) is 6.42 Å². The number of phenolic OH excluding ortho intramolecular Hbond substituents is 4. The summed E-state index contributed by atoms with van der Waals surface area (Å²) in [6.07, 6.45) is 2.32. The Morgan fingerprint density at radius 3 is 1.86 bits per heavy atom. The number of aromatic hydroxyl groups is 4. The molecule has 5 nitrogen and oxygen atoms in total. The van der Waals surface area contributed by atoms with E-state index in [2.05, 4.69) is 0 Å². The molecule has 2 aromatic rings. The Bertz CT molecular complexity index is 596. The van der Waals surface area contributed by atoms with Crippen molar-refractivity contribution in [1.29, 1.82) is 0 Å². The van der Waals surface area contributed by atoms with Gasteiger partial charge in [0.15, 0.2) is 0 Å². The van der Waals surface area contributed by atoms with Gasteiger partial charge in [0, 0.05) is 5.56 Å². The van der Waals surface area contributed by atoms with Gasteiger partial charge < -0.3 is 25.5 Å². The maximum atomic E-state index is 9.42. The molecule has 2 aromatic carbocycles. The fourth-order valence-corrected chi connectivity index (χ4v) is 1.54. The minimum atomic E-state index is 0.0135. The van der Waals surface area contributed by atoms with Gasteiger partial charge in [-0.15, -0.1) is 0 Å². The van der Waals surface area contributed by atoms with Gasteiger partial charge in [0.05, 0.1) is 6.61 Å². The van der Waals surface area contributed by atoms with E-state index in [0.717, 1.165) is 5.57 Å². The first kappa shape index (κ1) is 17.4. The van der Waals surface area contributed by atoms with Crippen molar-refractivity contribution in [2.45, 2.75) is 13.3 Å². The molecule has 0 radical (unpaired) electrons. The number of benzene rings is 2. The van der Waals surface area contributed by atoms with Crippen molar-refractivity contribution in [2.24, 2.45) is 0 Å². The van der Waals surface area contributed by atoms with Crippen LogP contribution in [0.15, 0.2) is 54.1 Å². The van der Waals surface area contributed by atoms with Crippen LogP contribution in [0.4, 0.5) is 0 Å². The van der Waals surface area contributed by atoms with Gasteiger partial charge in [-0.3, -0.25) is 0 Å². The molecule has 0 aliphatic carbocycles. The summed E-state index contributed by atoms with van der Waals surface area (Å²) in [4.78, 5) is 0. The molecule has 0 saturated heterocycles. The average Bonchev–Trinajstić information content (AvgIpc) is 2.51. The standard InChI is InChI=1S/C11H14O3.C6H6O2/c1-8(7-12)2-3-9-6-10(13)4-5-11(9)14;7-5-1-2-6(8)4-3-5/h2,4-6,12-14H,3,7H2,1H3;1-4,7-8H/b8-2+;. The third-order valence-corrected chi connectivity index (χ3v) is 2.83. The van der Waals surface area contributed by atoms with Crippen LogP contribution in [0.1, 0.15) is 12.5 Å². The molecule has 0 unspecified atom stereocenters. The van der Waals surface area contributed by atoms with Crippen LogP contribution in [0, 0.1) is 0 Å². The fourth-order valence-electron chi connectivity index (χ4n) is 1.54. The van der Waals surface area contributed by atoms with Crippen LogP contribution in [0.25, 0.3) is 0 Å². The summed E-state index contributed by atoms with van der Waals surface area (Å²) in [5.41, 5.74) is 1.49. The largest absolute Gasteiger partial charge is 0.508 e. The summed E-state index contributed by atoms with van der Waals surface area (Å²) in [5, 5.41) is 44.6. The minimum absolute atomic E-state index is 0.0135. The Morgan fingerprint density at radius 2 is 1.36 bits per heavy atom. The Morgan fingerprint density at radius 1 is 0.864 bits per heavy atom.